The first-order valence-corrected chi connectivity index (χ1v) is 6.03. The summed E-state index contributed by atoms with van der Waals surface area (Å²) < 4.78 is 5.44. The first-order chi connectivity index (χ1) is 7.82. The van der Waals surface area contributed by atoms with Crippen molar-refractivity contribution in [3.8, 4) is 0 Å². The normalized spacial score (nSPS) is 27.6. The summed E-state index contributed by atoms with van der Waals surface area (Å²) in [6.07, 6.45) is 0.619. The summed E-state index contributed by atoms with van der Waals surface area (Å²) in [6.45, 7) is 6.80. The molecule has 2 heterocycles. The zero-order valence-electron chi connectivity index (χ0n) is 10.3. The van der Waals surface area contributed by atoms with Crippen molar-refractivity contribution in [3.05, 3.63) is 21.9 Å². The van der Waals surface area contributed by atoms with Gasteiger partial charge < -0.3 is 15.8 Å². The van der Waals surface area contributed by atoms with E-state index < -0.39 is 5.91 Å². The highest BCUT2D eigenvalue weighted by atomic mass is 35.5. The number of carbonyl (C=O) groups excluding carboxylic acids is 1. The smallest absolute Gasteiger partial charge is 0.253 e. The van der Waals surface area contributed by atoms with Crippen molar-refractivity contribution >= 4 is 17.5 Å². The quantitative estimate of drug-likeness (QED) is 0.746. The van der Waals surface area contributed by atoms with Crippen LogP contribution in [0.3, 0.4) is 0 Å². The molecule has 1 unspecified atom stereocenters. The second-order valence-electron chi connectivity index (χ2n) is 5.19. The van der Waals surface area contributed by atoms with E-state index in [2.05, 4.69) is 19.2 Å². The monoisotopic (exact) mass is 256 g/mol. The molecular weight excluding hydrogens is 240 g/mol. The van der Waals surface area contributed by atoms with Gasteiger partial charge in [0.15, 0.2) is 0 Å². The van der Waals surface area contributed by atoms with Crippen LogP contribution in [0.25, 0.3) is 0 Å². The van der Waals surface area contributed by atoms with E-state index in [-0.39, 0.29) is 16.9 Å². The van der Waals surface area contributed by atoms with Gasteiger partial charge in [0, 0.05) is 12.1 Å². The van der Waals surface area contributed by atoms with Gasteiger partial charge in [0.05, 0.1) is 5.57 Å². The van der Waals surface area contributed by atoms with E-state index in [1.165, 1.54) is 0 Å². The standard InChI is InChI=1S/C12H17ClN2O2/c1-6-8-5-15-12(2,3)4-7(8)9(11(14)16)10(13)17-6/h6,15H,4-5H2,1-3H3,(H2,14,16). The Kier molecular flexibility index (Phi) is 2.96. The topological polar surface area (TPSA) is 64.3 Å². The summed E-state index contributed by atoms with van der Waals surface area (Å²) >= 11 is 5.99. The summed E-state index contributed by atoms with van der Waals surface area (Å²) in [5, 5.41) is 3.53. The summed E-state index contributed by atoms with van der Waals surface area (Å²) in [6, 6.07) is 0. The molecule has 2 aliphatic heterocycles. The minimum Gasteiger partial charge on any atom is -0.475 e. The summed E-state index contributed by atoms with van der Waals surface area (Å²) in [5.74, 6) is -0.521. The van der Waals surface area contributed by atoms with Gasteiger partial charge in [0.2, 0.25) is 5.22 Å². The lowest BCUT2D eigenvalue weighted by molar-refractivity contribution is -0.114. The second-order valence-corrected chi connectivity index (χ2v) is 5.53. The first-order valence-electron chi connectivity index (χ1n) is 5.65. The Morgan fingerprint density at radius 2 is 2.24 bits per heavy atom. The number of amides is 1. The van der Waals surface area contributed by atoms with E-state index in [9.17, 15) is 4.79 Å². The Morgan fingerprint density at radius 1 is 1.59 bits per heavy atom. The Hall–Kier alpha value is -1.00. The van der Waals surface area contributed by atoms with Crippen LogP contribution in [0, 0.1) is 0 Å². The second kappa shape index (κ2) is 4.03. The number of primary amides is 1. The summed E-state index contributed by atoms with van der Waals surface area (Å²) in [5.41, 5.74) is 7.68. The molecule has 1 amide bonds. The van der Waals surface area contributed by atoms with Crippen molar-refractivity contribution in [3.63, 3.8) is 0 Å². The van der Waals surface area contributed by atoms with Gasteiger partial charge in [-0.15, -0.1) is 0 Å². The third-order valence-electron chi connectivity index (χ3n) is 3.28. The van der Waals surface area contributed by atoms with Crippen molar-refractivity contribution in [2.45, 2.75) is 38.8 Å². The van der Waals surface area contributed by atoms with Gasteiger partial charge in [-0.3, -0.25) is 4.79 Å². The molecule has 2 rings (SSSR count). The number of halogens is 1. The molecule has 4 nitrogen and oxygen atoms in total. The summed E-state index contributed by atoms with van der Waals surface area (Å²) in [4.78, 5) is 11.5. The predicted octanol–water partition coefficient (Wildman–Crippen LogP) is 1.41. The number of hydrogen-bond acceptors (Lipinski definition) is 3. The fraction of sp³-hybridized carbons (Fsp3) is 0.583. The Bertz CT molecular complexity index is 438. The van der Waals surface area contributed by atoms with E-state index >= 15 is 0 Å². The van der Waals surface area contributed by atoms with Gasteiger partial charge in [-0.25, -0.2) is 0 Å². The predicted molar refractivity (Wildman–Crippen MR) is 66.3 cm³/mol. The largest absolute Gasteiger partial charge is 0.475 e. The molecule has 3 N–H and O–H groups in total. The highest BCUT2D eigenvalue weighted by Gasteiger charge is 2.36. The Morgan fingerprint density at radius 3 is 2.82 bits per heavy atom. The van der Waals surface area contributed by atoms with Crippen LogP contribution in [0.5, 0.6) is 0 Å². The number of hydrogen-bond donors (Lipinski definition) is 2. The average molecular weight is 257 g/mol. The van der Waals surface area contributed by atoms with E-state index in [0.717, 1.165) is 17.6 Å². The molecule has 0 bridgehead atoms. The number of carbonyl (C=O) groups is 1. The highest BCUT2D eigenvalue weighted by Crippen LogP contribution is 2.38. The van der Waals surface area contributed by atoms with Crippen LogP contribution < -0.4 is 11.1 Å². The van der Waals surface area contributed by atoms with Crippen molar-refractivity contribution in [1.29, 1.82) is 0 Å². The number of ether oxygens (including phenoxy) is 1. The van der Waals surface area contributed by atoms with Crippen molar-refractivity contribution < 1.29 is 9.53 Å². The van der Waals surface area contributed by atoms with Crippen LogP contribution in [0.4, 0.5) is 0 Å². The maximum Gasteiger partial charge on any atom is 0.253 e. The fourth-order valence-corrected chi connectivity index (χ4v) is 2.69. The lowest BCUT2D eigenvalue weighted by Gasteiger charge is -2.39. The van der Waals surface area contributed by atoms with Gasteiger partial charge in [-0.05, 0) is 49.9 Å². The zero-order valence-corrected chi connectivity index (χ0v) is 11.0. The van der Waals surface area contributed by atoms with Crippen LogP contribution in [0.15, 0.2) is 21.9 Å². The van der Waals surface area contributed by atoms with Crippen LogP contribution in [0.1, 0.15) is 27.2 Å². The third kappa shape index (κ3) is 2.19. The molecule has 0 fully saturated rings. The molecule has 0 radical (unpaired) electrons. The number of rotatable bonds is 1. The minimum absolute atomic E-state index is 0.0617. The van der Waals surface area contributed by atoms with Crippen LogP contribution >= 0.6 is 11.6 Å². The van der Waals surface area contributed by atoms with Crippen molar-refractivity contribution in [1.82, 2.24) is 5.32 Å². The van der Waals surface area contributed by atoms with Gasteiger partial charge in [0.25, 0.3) is 5.91 Å². The molecule has 17 heavy (non-hydrogen) atoms. The summed E-state index contributed by atoms with van der Waals surface area (Å²) in [7, 11) is 0. The Labute approximate surface area is 106 Å². The van der Waals surface area contributed by atoms with E-state index in [1.807, 2.05) is 6.92 Å². The van der Waals surface area contributed by atoms with Crippen LogP contribution in [0.2, 0.25) is 0 Å². The molecule has 0 aliphatic carbocycles. The molecule has 0 saturated heterocycles. The third-order valence-corrected chi connectivity index (χ3v) is 3.56. The van der Waals surface area contributed by atoms with Crippen LogP contribution in [-0.4, -0.2) is 24.1 Å². The van der Waals surface area contributed by atoms with Crippen LogP contribution in [-0.2, 0) is 9.53 Å². The van der Waals surface area contributed by atoms with Gasteiger partial charge >= 0.3 is 0 Å². The van der Waals surface area contributed by atoms with E-state index in [1.54, 1.807) is 0 Å². The molecule has 1 atom stereocenters. The SMILES string of the molecule is CC1OC(Cl)=C(C(N)=O)C2=C1CNC(C)(C)C2. The van der Waals surface area contributed by atoms with E-state index in [4.69, 9.17) is 22.1 Å². The highest BCUT2D eigenvalue weighted by molar-refractivity contribution is 6.31. The average Bonchev–Trinajstić information content (AvgIpc) is 2.14. The molecule has 94 valence electrons. The maximum absolute atomic E-state index is 11.5. The molecular formula is C12H17ClN2O2. The lowest BCUT2D eigenvalue weighted by atomic mass is 9.81. The number of nitrogens with two attached hydrogens (primary N) is 1. The first kappa shape index (κ1) is 12.5. The Balaban J connectivity index is 2.50. The molecule has 2 aliphatic rings. The van der Waals surface area contributed by atoms with Gasteiger partial charge in [0.1, 0.15) is 6.10 Å². The maximum atomic E-state index is 11.5. The molecule has 0 spiro atoms. The molecule has 5 heteroatoms. The van der Waals surface area contributed by atoms with Crippen molar-refractivity contribution in [2.24, 2.45) is 5.73 Å². The lowest BCUT2D eigenvalue weighted by Crippen LogP contribution is -2.47. The minimum atomic E-state index is -0.521. The fourth-order valence-electron chi connectivity index (χ4n) is 2.35. The van der Waals surface area contributed by atoms with Crippen molar-refractivity contribution in [2.75, 3.05) is 6.54 Å². The molecule has 0 saturated carbocycles. The zero-order chi connectivity index (χ0) is 12.8. The molecule has 0 aromatic rings. The molecule has 0 aromatic heterocycles. The van der Waals surface area contributed by atoms with E-state index in [0.29, 0.717) is 12.1 Å². The van der Waals surface area contributed by atoms with Gasteiger partial charge in [-0.2, -0.15) is 0 Å². The molecule has 0 aromatic carbocycles. The van der Waals surface area contributed by atoms with Gasteiger partial charge in [-0.1, -0.05) is 0 Å². The number of nitrogens with one attached hydrogen (secondary N) is 1.